The molecule has 1 saturated heterocycles. The highest BCUT2D eigenvalue weighted by Gasteiger charge is 2.20. The van der Waals surface area contributed by atoms with Crippen LogP contribution in [0.15, 0.2) is 36.4 Å². The maximum absolute atomic E-state index is 13.0. The number of carbonyl (C=O) groups excluding carboxylic acids is 1. The topological polar surface area (TPSA) is 54.0 Å². The van der Waals surface area contributed by atoms with Gasteiger partial charge in [-0.15, -0.1) is 0 Å². The number of anilines is 2. The molecule has 3 rings (SSSR count). The first-order valence-corrected chi connectivity index (χ1v) is 11.3. The lowest BCUT2D eigenvalue weighted by atomic mass is 10.1. The van der Waals surface area contributed by atoms with E-state index in [2.05, 4.69) is 29.0 Å². The van der Waals surface area contributed by atoms with Crippen molar-refractivity contribution in [2.24, 2.45) is 0 Å². The van der Waals surface area contributed by atoms with Crippen LogP contribution in [0.25, 0.3) is 0 Å². The lowest BCUT2D eigenvalue weighted by molar-refractivity contribution is 0.102. The SMILES string of the molecule is CCCCOc1ccc(C(=O)Nc2cc(Cl)ccc2N2CCN(CC)CC2)cc1OC. The number of unbranched alkanes of at least 4 members (excludes halogenated alkanes) is 1. The van der Waals surface area contributed by atoms with E-state index < -0.39 is 0 Å². The minimum atomic E-state index is -0.214. The summed E-state index contributed by atoms with van der Waals surface area (Å²) in [6.07, 6.45) is 2.02. The number of hydrogen-bond donors (Lipinski definition) is 1. The van der Waals surface area contributed by atoms with Crippen molar-refractivity contribution in [3.05, 3.63) is 47.0 Å². The third-order valence-electron chi connectivity index (χ3n) is 5.55. The Labute approximate surface area is 190 Å². The Hall–Kier alpha value is -2.44. The Balaban J connectivity index is 1.76. The number of halogens is 1. The van der Waals surface area contributed by atoms with E-state index in [1.807, 2.05) is 12.1 Å². The summed E-state index contributed by atoms with van der Waals surface area (Å²) in [6.45, 7) is 9.80. The second kappa shape index (κ2) is 11.3. The normalized spacial score (nSPS) is 14.4. The fourth-order valence-corrected chi connectivity index (χ4v) is 3.81. The predicted molar refractivity (Wildman–Crippen MR) is 127 cm³/mol. The fourth-order valence-electron chi connectivity index (χ4n) is 3.64. The van der Waals surface area contributed by atoms with Crippen LogP contribution in [0.4, 0.5) is 11.4 Å². The number of amides is 1. The molecule has 6 nitrogen and oxygen atoms in total. The lowest BCUT2D eigenvalue weighted by Crippen LogP contribution is -2.46. The molecule has 1 N–H and O–H groups in total. The van der Waals surface area contributed by atoms with Gasteiger partial charge in [0.15, 0.2) is 11.5 Å². The third-order valence-corrected chi connectivity index (χ3v) is 5.78. The summed E-state index contributed by atoms with van der Waals surface area (Å²) in [5.74, 6) is 0.976. The maximum Gasteiger partial charge on any atom is 0.255 e. The number of benzene rings is 2. The van der Waals surface area contributed by atoms with Gasteiger partial charge in [-0.1, -0.05) is 31.9 Å². The van der Waals surface area contributed by atoms with Gasteiger partial charge in [0, 0.05) is 36.8 Å². The molecule has 168 valence electrons. The van der Waals surface area contributed by atoms with Crippen LogP contribution in [-0.2, 0) is 0 Å². The highest BCUT2D eigenvalue weighted by Crippen LogP contribution is 2.32. The number of nitrogens with one attached hydrogen (secondary N) is 1. The summed E-state index contributed by atoms with van der Waals surface area (Å²) in [5, 5.41) is 3.62. The van der Waals surface area contributed by atoms with E-state index in [0.717, 1.165) is 51.3 Å². The van der Waals surface area contributed by atoms with Crippen molar-refractivity contribution < 1.29 is 14.3 Å². The molecule has 0 atom stereocenters. The van der Waals surface area contributed by atoms with Gasteiger partial charge in [-0.3, -0.25) is 4.79 Å². The van der Waals surface area contributed by atoms with Crippen LogP contribution < -0.4 is 19.7 Å². The molecule has 0 radical (unpaired) electrons. The number of ether oxygens (including phenoxy) is 2. The summed E-state index contributed by atoms with van der Waals surface area (Å²) < 4.78 is 11.2. The van der Waals surface area contributed by atoms with Gasteiger partial charge in [-0.25, -0.2) is 0 Å². The summed E-state index contributed by atoms with van der Waals surface area (Å²) >= 11 is 6.25. The average Bonchev–Trinajstić information content (AvgIpc) is 2.79. The Bertz CT molecular complexity index is 882. The zero-order valence-corrected chi connectivity index (χ0v) is 19.4. The van der Waals surface area contributed by atoms with Crippen LogP contribution in [-0.4, -0.2) is 57.2 Å². The lowest BCUT2D eigenvalue weighted by Gasteiger charge is -2.36. The fraction of sp³-hybridized carbons (Fsp3) is 0.458. The molecule has 7 heteroatoms. The van der Waals surface area contributed by atoms with Crippen molar-refractivity contribution >= 4 is 28.9 Å². The van der Waals surface area contributed by atoms with E-state index in [9.17, 15) is 4.79 Å². The first-order valence-electron chi connectivity index (χ1n) is 10.9. The maximum atomic E-state index is 13.0. The molecule has 1 fully saturated rings. The summed E-state index contributed by atoms with van der Waals surface area (Å²) in [4.78, 5) is 17.7. The molecular weight excluding hydrogens is 414 g/mol. The van der Waals surface area contributed by atoms with E-state index in [-0.39, 0.29) is 5.91 Å². The van der Waals surface area contributed by atoms with E-state index >= 15 is 0 Å². The van der Waals surface area contributed by atoms with Gasteiger partial charge in [0.2, 0.25) is 0 Å². The first-order chi connectivity index (χ1) is 15.0. The minimum absolute atomic E-state index is 0.214. The van der Waals surface area contributed by atoms with Crippen LogP contribution in [0.3, 0.4) is 0 Å². The highest BCUT2D eigenvalue weighted by molar-refractivity contribution is 6.31. The Kier molecular flexibility index (Phi) is 8.43. The molecule has 1 aliphatic heterocycles. The molecule has 31 heavy (non-hydrogen) atoms. The van der Waals surface area contributed by atoms with Crippen molar-refractivity contribution in [3.63, 3.8) is 0 Å². The predicted octanol–water partition coefficient (Wildman–Crippen LogP) is 4.92. The second-order valence-electron chi connectivity index (χ2n) is 7.60. The van der Waals surface area contributed by atoms with E-state index in [1.165, 1.54) is 0 Å². The highest BCUT2D eigenvalue weighted by atomic mass is 35.5. The minimum Gasteiger partial charge on any atom is -0.493 e. The van der Waals surface area contributed by atoms with E-state index in [0.29, 0.717) is 34.4 Å². The van der Waals surface area contributed by atoms with Crippen molar-refractivity contribution in [2.45, 2.75) is 26.7 Å². The van der Waals surface area contributed by atoms with Gasteiger partial charge in [-0.2, -0.15) is 0 Å². The molecule has 1 amide bonds. The summed E-state index contributed by atoms with van der Waals surface area (Å²) in [7, 11) is 1.58. The largest absolute Gasteiger partial charge is 0.493 e. The second-order valence-corrected chi connectivity index (χ2v) is 8.04. The molecule has 0 aromatic heterocycles. The van der Waals surface area contributed by atoms with Crippen LogP contribution in [0.5, 0.6) is 11.5 Å². The molecule has 1 heterocycles. The molecule has 1 aliphatic rings. The number of hydrogen-bond acceptors (Lipinski definition) is 5. The Morgan fingerprint density at radius 3 is 2.52 bits per heavy atom. The number of likely N-dealkylation sites (N-methyl/N-ethyl adjacent to an activating group) is 1. The molecule has 2 aromatic carbocycles. The van der Waals surface area contributed by atoms with E-state index in [1.54, 1.807) is 31.4 Å². The van der Waals surface area contributed by atoms with Crippen molar-refractivity contribution in [2.75, 3.05) is 56.7 Å². The first kappa shape index (κ1) is 23.2. The smallest absolute Gasteiger partial charge is 0.255 e. The zero-order chi connectivity index (χ0) is 22.2. The summed E-state index contributed by atoms with van der Waals surface area (Å²) in [6, 6.07) is 10.9. The average molecular weight is 446 g/mol. The quantitative estimate of drug-likeness (QED) is 0.555. The van der Waals surface area contributed by atoms with E-state index in [4.69, 9.17) is 21.1 Å². The van der Waals surface area contributed by atoms with Gasteiger partial charge in [-0.05, 0) is 49.4 Å². The molecular formula is C24H32ClN3O3. The molecule has 0 aliphatic carbocycles. The summed E-state index contributed by atoms with van der Waals surface area (Å²) in [5.41, 5.74) is 2.20. The van der Waals surface area contributed by atoms with Crippen molar-refractivity contribution in [3.8, 4) is 11.5 Å². The van der Waals surface area contributed by atoms with Gasteiger partial charge in [0.25, 0.3) is 5.91 Å². The van der Waals surface area contributed by atoms with Gasteiger partial charge >= 0.3 is 0 Å². The third kappa shape index (κ3) is 6.05. The molecule has 0 spiro atoms. The molecule has 0 saturated carbocycles. The van der Waals surface area contributed by atoms with Gasteiger partial charge in [0.1, 0.15) is 0 Å². The number of rotatable bonds is 9. The van der Waals surface area contributed by atoms with Gasteiger partial charge < -0.3 is 24.6 Å². The number of piperazine rings is 1. The number of nitrogens with zero attached hydrogens (tertiary/aromatic N) is 2. The van der Waals surface area contributed by atoms with Crippen LogP contribution in [0, 0.1) is 0 Å². The molecule has 0 bridgehead atoms. The molecule has 0 unspecified atom stereocenters. The van der Waals surface area contributed by atoms with Crippen molar-refractivity contribution in [1.82, 2.24) is 4.90 Å². The standard InChI is InChI=1S/C24H32ClN3O3/c1-4-6-15-31-22-10-7-18(16-23(22)30-3)24(29)26-20-17-19(25)8-9-21(20)28-13-11-27(5-2)12-14-28/h7-10,16-17H,4-6,11-15H2,1-3H3,(H,26,29). The zero-order valence-electron chi connectivity index (χ0n) is 18.6. The number of methoxy groups -OCH3 is 1. The van der Waals surface area contributed by atoms with Crippen molar-refractivity contribution in [1.29, 1.82) is 0 Å². The van der Waals surface area contributed by atoms with Crippen LogP contribution in [0.1, 0.15) is 37.0 Å². The Morgan fingerprint density at radius 1 is 1.06 bits per heavy atom. The number of carbonyl (C=O) groups is 1. The Morgan fingerprint density at radius 2 is 1.84 bits per heavy atom. The monoisotopic (exact) mass is 445 g/mol. The molecule has 2 aromatic rings. The van der Waals surface area contributed by atoms with Crippen LogP contribution in [0.2, 0.25) is 5.02 Å². The van der Waals surface area contributed by atoms with Gasteiger partial charge in [0.05, 0.1) is 25.1 Å². The van der Waals surface area contributed by atoms with Crippen LogP contribution >= 0.6 is 11.6 Å².